The fourth-order valence-corrected chi connectivity index (χ4v) is 8.95. The fraction of sp³-hybridized carbons (Fsp3) is 0.143. The molecule has 368 valence electrons. The van der Waals surface area contributed by atoms with Crippen molar-refractivity contribution in [1.29, 1.82) is 0 Å². The lowest BCUT2D eigenvalue weighted by atomic mass is 10.0. The number of H-pyrrole nitrogens is 1. The molecule has 0 aromatic carbocycles. The third-order valence-electron chi connectivity index (χ3n) is 12.8. The van der Waals surface area contributed by atoms with E-state index in [0.717, 1.165) is 119 Å². The Morgan fingerprint density at radius 3 is 1.37 bits per heavy atom. The van der Waals surface area contributed by atoms with Crippen LogP contribution < -0.4 is 5.32 Å². The Bertz CT molecular complexity index is 4220. The van der Waals surface area contributed by atoms with Gasteiger partial charge in [0.25, 0.3) is 11.6 Å². The third kappa shape index (κ3) is 9.24. The number of aromatic amines is 1. The van der Waals surface area contributed by atoms with Crippen LogP contribution in [0.4, 0.5) is 17.5 Å². The number of nitrogens with one attached hydrogen (secondary N) is 2. The van der Waals surface area contributed by atoms with Crippen LogP contribution in [0, 0.1) is 54.7 Å². The monoisotopic (exact) mass is 988 g/mol. The molecular weight excluding hydrogens is 941 g/mol. The number of aromatic nitrogens is 15. The van der Waals surface area contributed by atoms with Crippen LogP contribution in [-0.2, 0) is 18.9 Å². The number of amides is 1. The molecule has 19 nitrogen and oxygen atoms in total. The first-order chi connectivity index (χ1) is 36.3. The molecule has 12 rings (SSSR count). The Morgan fingerprint density at radius 2 is 0.933 bits per heavy atom. The highest BCUT2D eigenvalue weighted by molar-refractivity contribution is 5.84. The molecule has 0 aliphatic heterocycles. The van der Waals surface area contributed by atoms with Crippen molar-refractivity contribution >= 4 is 40.8 Å². The Hall–Kier alpha value is -10.4. The number of anilines is 1. The molecule has 75 heavy (non-hydrogen) atoms. The molecule has 0 bridgehead atoms. The predicted molar refractivity (Wildman–Crippen MR) is 288 cm³/mol. The first kappa shape index (κ1) is 48.2. The van der Waals surface area contributed by atoms with E-state index >= 15 is 0 Å². The van der Waals surface area contributed by atoms with Gasteiger partial charge in [0.2, 0.25) is 17.7 Å². The van der Waals surface area contributed by atoms with Crippen molar-refractivity contribution in [1.82, 2.24) is 72.9 Å². The highest BCUT2D eigenvalue weighted by Crippen LogP contribution is 2.37. The number of fused-ring (bicyclic) bond motifs is 3. The summed E-state index contributed by atoms with van der Waals surface area (Å²) in [5.41, 5.74) is 19.1. The van der Waals surface area contributed by atoms with Crippen molar-refractivity contribution in [2.45, 2.75) is 41.5 Å². The molecule has 0 atom stereocenters. The van der Waals surface area contributed by atoms with Gasteiger partial charge in [-0.05, 0) is 102 Å². The summed E-state index contributed by atoms with van der Waals surface area (Å²) >= 11 is 0. The molecule has 1 amide bonds. The Labute approximate surface area is 430 Å². The van der Waals surface area contributed by atoms with Crippen LogP contribution in [0.5, 0.6) is 0 Å². The number of aryl methyl sites for hydroxylation is 6. The summed E-state index contributed by atoms with van der Waals surface area (Å²) in [5, 5.41) is 19.5. The summed E-state index contributed by atoms with van der Waals surface area (Å²) in [6.07, 6.45) is 11.3. The van der Waals surface area contributed by atoms with Crippen molar-refractivity contribution in [2.24, 2.45) is 14.1 Å². The molecule has 2 N–H and O–H groups in total. The van der Waals surface area contributed by atoms with Crippen LogP contribution in [0.1, 0.15) is 34.2 Å². The average molecular weight is 989 g/mol. The smallest absolute Gasteiger partial charge is 0.254 e. The van der Waals surface area contributed by atoms with Gasteiger partial charge in [0.15, 0.2) is 0 Å². The molecule has 0 aliphatic carbocycles. The molecule has 12 aromatic rings. The van der Waals surface area contributed by atoms with Crippen LogP contribution in [0.2, 0.25) is 0 Å². The van der Waals surface area contributed by atoms with E-state index in [1.54, 1.807) is 23.0 Å². The van der Waals surface area contributed by atoms with Crippen molar-refractivity contribution < 1.29 is 4.79 Å². The van der Waals surface area contributed by atoms with Gasteiger partial charge < -0.3 is 15.0 Å². The zero-order valence-corrected chi connectivity index (χ0v) is 42.3. The minimum atomic E-state index is 0.489. The number of imidazole rings is 3. The summed E-state index contributed by atoms with van der Waals surface area (Å²) in [7, 11) is 3.85. The first-order valence-electron chi connectivity index (χ1n) is 23.7. The topological polar surface area (TPSA) is 193 Å². The van der Waals surface area contributed by atoms with E-state index in [9.17, 15) is 4.79 Å². The van der Waals surface area contributed by atoms with Gasteiger partial charge in [0.05, 0.1) is 48.1 Å². The summed E-state index contributed by atoms with van der Waals surface area (Å²) in [6, 6.07) is 29.5. The van der Waals surface area contributed by atoms with Crippen molar-refractivity contribution in [3.63, 3.8) is 0 Å². The van der Waals surface area contributed by atoms with Crippen LogP contribution in [0.15, 0.2) is 128 Å². The minimum absolute atomic E-state index is 0.489. The molecule has 12 aromatic heterocycles. The number of hydrogen-bond donors (Lipinski definition) is 2. The molecule has 19 heteroatoms. The third-order valence-corrected chi connectivity index (χ3v) is 12.8. The highest BCUT2D eigenvalue weighted by atomic mass is 16.1. The van der Waals surface area contributed by atoms with E-state index in [0.29, 0.717) is 23.9 Å². The van der Waals surface area contributed by atoms with Crippen LogP contribution in [0.25, 0.3) is 94.2 Å². The normalized spacial score (nSPS) is 11.0. The van der Waals surface area contributed by atoms with E-state index < -0.39 is 0 Å². The maximum atomic E-state index is 10.8. The van der Waals surface area contributed by atoms with E-state index in [2.05, 4.69) is 65.3 Å². The second-order valence-electron chi connectivity index (χ2n) is 17.7. The molecule has 0 aliphatic rings. The Balaban J connectivity index is 0.000000128. The Morgan fingerprint density at radius 1 is 0.520 bits per heavy atom. The molecule has 0 fully saturated rings. The molecule has 0 unspecified atom stereocenters. The standard InChI is InChI=1S/C19H18N6O.C19H16N6.C18H14N6/c1-12-5-4-6-15(22-12)19-18(13(2)24(3)23-19)14-7-8-16-20-9-17(21-11-26)25(16)10-14;1-12-6-5-7-15(22-12)19-18(13(2)24(4)23-19)14-8-9-16-21-10-17(20-3)25(16)11-14;1-11-5-4-6-14(21-11)18-17(12(2)22-23-18)13-7-8-15-20-9-16(19-3)24(15)10-13/h4-11H,1-3H3,(H,21,26);5-11H,1-2,4H3;4-10H,1-2H3,(H,22,23). The zero-order chi connectivity index (χ0) is 52.5. The number of hydrogen-bond acceptors (Lipinski definition) is 10. The van der Waals surface area contributed by atoms with Crippen molar-refractivity contribution in [3.8, 4) is 67.5 Å². The van der Waals surface area contributed by atoms with Gasteiger partial charge in [-0.15, -0.1) is 0 Å². The van der Waals surface area contributed by atoms with E-state index in [1.165, 1.54) is 0 Å². The van der Waals surface area contributed by atoms with Gasteiger partial charge in [-0.1, -0.05) is 31.3 Å². The Kier molecular flexibility index (Phi) is 12.9. The largest absolute Gasteiger partial charge is 0.362 e. The van der Waals surface area contributed by atoms with Crippen molar-refractivity contribution in [3.05, 3.63) is 185 Å². The summed E-state index contributed by atoms with van der Waals surface area (Å²) in [4.78, 5) is 44.5. The SMILES string of the molecule is Cc1cccc(-c2nn(C)c(C)c2-c2ccc3ncc(NC=O)n3c2)n1.[C-]#[N+]c1cnc2ccc(-c3c(-c4cccc(C)n4)n[nH]c3C)cn12.[C-]#[N+]c1cnc2ccc(-c3c(-c4cccc(C)n4)nn(C)c3C)cn12. The number of carbonyl (C=O) groups is 1. The second kappa shape index (κ2) is 20.0. The number of pyridine rings is 6. The summed E-state index contributed by atoms with van der Waals surface area (Å²) in [6.45, 7) is 26.5. The molecule has 0 spiro atoms. The van der Waals surface area contributed by atoms with Crippen LogP contribution >= 0.6 is 0 Å². The minimum Gasteiger partial charge on any atom is -0.362 e. The van der Waals surface area contributed by atoms with E-state index in [4.69, 9.17) is 13.1 Å². The van der Waals surface area contributed by atoms with Gasteiger partial charge in [-0.3, -0.25) is 38.6 Å². The fourth-order valence-electron chi connectivity index (χ4n) is 8.95. The lowest BCUT2D eigenvalue weighted by Gasteiger charge is -2.07. The molecule has 12 heterocycles. The number of carbonyl (C=O) groups excluding carboxylic acids is 1. The predicted octanol–water partition coefficient (Wildman–Crippen LogP) is 10.9. The van der Waals surface area contributed by atoms with Gasteiger partial charge >= 0.3 is 0 Å². The maximum absolute atomic E-state index is 10.8. The second-order valence-corrected chi connectivity index (χ2v) is 17.7. The van der Waals surface area contributed by atoms with Gasteiger partial charge in [-0.25, -0.2) is 23.8 Å². The van der Waals surface area contributed by atoms with Crippen molar-refractivity contribution in [2.75, 3.05) is 5.32 Å². The lowest BCUT2D eigenvalue weighted by Crippen LogP contribution is -1.98. The van der Waals surface area contributed by atoms with E-state index in [1.807, 2.05) is 183 Å². The van der Waals surface area contributed by atoms with Gasteiger partial charge in [0, 0.05) is 100.0 Å². The van der Waals surface area contributed by atoms with E-state index in [-0.39, 0.29) is 0 Å². The first-order valence-corrected chi connectivity index (χ1v) is 23.7. The molecule has 0 saturated heterocycles. The van der Waals surface area contributed by atoms with Crippen LogP contribution in [-0.4, -0.2) is 79.3 Å². The average Bonchev–Trinajstić information content (AvgIpc) is 4.30. The summed E-state index contributed by atoms with van der Waals surface area (Å²) in [5.74, 6) is 1.60. The lowest BCUT2D eigenvalue weighted by molar-refractivity contribution is -0.105. The number of rotatable bonds is 8. The van der Waals surface area contributed by atoms with Crippen LogP contribution in [0.3, 0.4) is 0 Å². The quantitative estimate of drug-likeness (QED) is 0.109. The maximum Gasteiger partial charge on any atom is 0.254 e. The molecule has 0 saturated carbocycles. The molecule has 0 radical (unpaired) electrons. The highest BCUT2D eigenvalue weighted by Gasteiger charge is 2.22. The van der Waals surface area contributed by atoms with Gasteiger partial charge in [0.1, 0.15) is 28.5 Å². The molecular formula is C56H48N18O. The van der Waals surface area contributed by atoms with Gasteiger partial charge in [-0.2, -0.15) is 15.3 Å². The zero-order valence-electron chi connectivity index (χ0n) is 42.3. The number of nitrogens with zero attached hydrogens (tertiary/aromatic N) is 16. The summed E-state index contributed by atoms with van der Waals surface area (Å²) < 4.78 is 9.17.